The van der Waals surface area contributed by atoms with Crippen LogP contribution in [-0.2, 0) is 14.3 Å². The van der Waals surface area contributed by atoms with Crippen LogP contribution in [-0.4, -0.2) is 307 Å². The van der Waals surface area contributed by atoms with Crippen LogP contribution in [0.25, 0.3) is 0 Å². The number of nitrogens with one attached hydrogen (secondary N) is 3. The Morgan fingerprint density at radius 3 is 1.42 bits per heavy atom. The monoisotopic (exact) mass is 1160 g/mol. The molecule has 0 aromatic rings. The highest BCUT2D eigenvalue weighted by atomic mass is 16.6. The molecule has 7 N–H and O–H groups in total. The number of epoxide rings is 1. The summed E-state index contributed by atoms with van der Waals surface area (Å²) >= 11 is 0. The maximum Gasteiger partial charge on any atom is 0.320 e. The van der Waals surface area contributed by atoms with E-state index >= 15 is 0 Å². The van der Waals surface area contributed by atoms with E-state index in [0.29, 0.717) is 72.6 Å². The zero-order valence-electron chi connectivity index (χ0n) is 51.6. The molecule has 24 fully saturated rings. The Balaban J connectivity index is 0.0000000889. The van der Waals surface area contributed by atoms with E-state index < -0.39 is 5.97 Å². The molecule has 22 heterocycles. The Labute approximate surface area is 499 Å². The van der Waals surface area contributed by atoms with Crippen LogP contribution in [0, 0.1) is 35.5 Å². The third-order valence-corrected chi connectivity index (χ3v) is 24.7. The van der Waals surface area contributed by atoms with Gasteiger partial charge in [0.2, 0.25) is 0 Å². The van der Waals surface area contributed by atoms with E-state index in [-0.39, 0.29) is 30.5 Å². The molecule has 22 aliphatic heterocycles. The molecule has 12 atom stereocenters. The lowest BCUT2D eigenvalue weighted by Gasteiger charge is -2.55. The fourth-order valence-electron chi connectivity index (χ4n) is 20.4. The van der Waals surface area contributed by atoms with Gasteiger partial charge >= 0.3 is 5.97 Å². The minimum absolute atomic E-state index is 0.00259. The zero-order chi connectivity index (χ0) is 56.9. The summed E-state index contributed by atoms with van der Waals surface area (Å²) in [6.07, 6.45) is 27.6. The fraction of sp³-hybridized carbons (Fsp3) is 0.984. The molecule has 12 unspecified atom stereocenters. The number of morpholine rings is 1. The van der Waals surface area contributed by atoms with E-state index in [1.54, 1.807) is 19.3 Å². The second-order valence-corrected chi connectivity index (χ2v) is 30.2. The maximum atomic E-state index is 10.7. The van der Waals surface area contributed by atoms with Crippen LogP contribution in [0.2, 0.25) is 0 Å². The average Bonchev–Trinajstić information content (AvgIpc) is 3.88. The first-order valence-corrected chi connectivity index (χ1v) is 34.7. The van der Waals surface area contributed by atoms with Gasteiger partial charge in [-0.3, -0.25) is 49.7 Å². The lowest BCUT2D eigenvalue weighted by Crippen LogP contribution is -2.67. The van der Waals surface area contributed by atoms with Crippen LogP contribution in [0.1, 0.15) is 128 Å². The normalized spacial score (nSPS) is 50.0. The number of ether oxygens (including phenoxy) is 2. The molecule has 0 amide bonds. The fourth-order valence-corrected chi connectivity index (χ4v) is 20.4. The molecule has 0 radical (unpaired) electrons. The van der Waals surface area contributed by atoms with Crippen molar-refractivity contribution in [1.29, 1.82) is 0 Å². The number of carboxylic acids is 1. The molecule has 472 valence electrons. The van der Waals surface area contributed by atoms with E-state index in [2.05, 4.69) is 81.2 Å². The van der Waals surface area contributed by atoms with Gasteiger partial charge in [0.25, 0.3) is 0 Å². The molecule has 22 saturated heterocycles. The second kappa shape index (κ2) is 27.1. The van der Waals surface area contributed by atoms with Crippen LogP contribution >= 0.6 is 0 Å². The van der Waals surface area contributed by atoms with Crippen molar-refractivity contribution in [3.63, 3.8) is 0 Å². The molecule has 18 bridgehead atoms. The number of aliphatic hydroxyl groups is 3. The predicted molar refractivity (Wildman–Crippen MR) is 322 cm³/mol. The summed E-state index contributed by atoms with van der Waals surface area (Å²) in [6.45, 7) is 22.8. The average molecular weight is 1160 g/mol. The van der Waals surface area contributed by atoms with Gasteiger partial charge in [0.15, 0.2) is 0 Å². The number of hydrogen-bond donors (Lipinski definition) is 7. The van der Waals surface area contributed by atoms with Crippen LogP contribution in [0.5, 0.6) is 0 Å². The number of rotatable bonds is 1. The Kier molecular flexibility index (Phi) is 19.8. The van der Waals surface area contributed by atoms with Gasteiger partial charge in [-0.05, 0) is 161 Å². The largest absolute Gasteiger partial charge is 0.480 e. The topological polar surface area (TPSA) is 185 Å². The summed E-state index contributed by atoms with van der Waals surface area (Å²) in [5, 5.41) is 47.8. The summed E-state index contributed by atoms with van der Waals surface area (Å²) < 4.78 is 11.1. The highest BCUT2D eigenvalue weighted by Crippen LogP contribution is 2.48. The molecular formula is C64H114N12O7. The minimum Gasteiger partial charge on any atom is -0.480 e. The van der Waals surface area contributed by atoms with Gasteiger partial charge in [0.1, 0.15) is 30.6 Å². The van der Waals surface area contributed by atoms with Crippen molar-refractivity contribution in [2.45, 2.75) is 226 Å². The van der Waals surface area contributed by atoms with Crippen LogP contribution in [0.15, 0.2) is 0 Å². The number of aliphatic carboxylic acids is 1. The molecule has 83 heavy (non-hydrogen) atoms. The first-order valence-electron chi connectivity index (χ1n) is 34.7. The van der Waals surface area contributed by atoms with E-state index in [4.69, 9.17) is 14.6 Å². The van der Waals surface area contributed by atoms with Crippen molar-refractivity contribution >= 4 is 5.97 Å². The number of likely N-dealkylation sites (N-methyl/N-ethyl adjacent to an activating group) is 2. The van der Waals surface area contributed by atoms with Crippen molar-refractivity contribution in [3.8, 4) is 0 Å². The summed E-state index contributed by atoms with van der Waals surface area (Å²) in [5.74, 6) is 4.38. The molecule has 0 aromatic carbocycles. The van der Waals surface area contributed by atoms with Crippen LogP contribution < -0.4 is 16.0 Å². The minimum atomic E-state index is -0.676. The third-order valence-electron chi connectivity index (χ3n) is 24.7. The Hall–Kier alpha value is -1.21. The molecule has 0 aromatic heterocycles. The maximum absolute atomic E-state index is 10.7. The zero-order valence-corrected chi connectivity index (χ0v) is 51.6. The number of aliphatic hydroxyl groups excluding tert-OH is 3. The first-order chi connectivity index (χ1) is 40.3. The summed E-state index contributed by atoms with van der Waals surface area (Å²) in [6, 6.07) is 4.05. The van der Waals surface area contributed by atoms with Crippen LogP contribution in [0.4, 0.5) is 0 Å². The van der Waals surface area contributed by atoms with Gasteiger partial charge in [-0.25, -0.2) is 0 Å². The number of carbonyl (C=O) groups is 1. The van der Waals surface area contributed by atoms with Gasteiger partial charge in [0.05, 0.1) is 31.1 Å². The standard InChI is InChI=1S/C9H15NO2.C9H15N.C9H17N.C8H14N2O.2C8H13NO2.C7H15N3.C6H12N2/c11-9(12)8-5-6-3-1-2-4-7(6)10-8;1-7-2-9-3-8(1)5-10(4-7)6-9;1-10-8-4-2-5-9(10)7-3-6-8;11-8-6-1-9-3-7(8)4-10(2-6)5-9;1-9-5-2-4-3-6(9)8(11-4)7(5)10;1-9-5-2-4(10)3-6(9)8-7(5)11-8;1-3-8-7-9-4-2-6-10(7)5-1;1-2-8-5-3-7(1)4-6-8/h6-8,10H,1-5H2,(H,11,12);7-9H,1-6H2;8-9H,2-7H2,1H3;6-8,11H,1-5H2;2*4-8,10H,2-3H2,1H3;7-9H,1-6H2;1-6H2. The molecule has 19 nitrogen and oxygen atoms in total. The number of fused-ring (bicyclic) bond motifs is 12. The van der Waals surface area contributed by atoms with Gasteiger partial charge in [-0.1, -0.05) is 25.7 Å². The van der Waals surface area contributed by atoms with Crippen molar-refractivity contribution in [2.24, 2.45) is 35.5 Å². The molecule has 24 aliphatic rings. The third kappa shape index (κ3) is 14.1. The van der Waals surface area contributed by atoms with E-state index in [1.165, 1.54) is 162 Å². The Morgan fingerprint density at radius 1 is 0.458 bits per heavy atom. The Morgan fingerprint density at radius 2 is 0.964 bits per heavy atom. The van der Waals surface area contributed by atoms with E-state index in [9.17, 15) is 20.1 Å². The van der Waals surface area contributed by atoms with Gasteiger partial charge < -0.3 is 45.0 Å². The van der Waals surface area contributed by atoms with Crippen LogP contribution in [0.3, 0.4) is 0 Å². The van der Waals surface area contributed by atoms with Crippen molar-refractivity contribution in [1.82, 2.24) is 60.0 Å². The van der Waals surface area contributed by atoms with Crippen molar-refractivity contribution in [2.75, 3.05) is 139 Å². The Bertz CT molecular complexity index is 1880. The lowest BCUT2D eigenvalue weighted by atomic mass is 9.68. The molecule has 19 heteroatoms. The van der Waals surface area contributed by atoms with E-state index in [0.717, 1.165) is 94.8 Å². The summed E-state index contributed by atoms with van der Waals surface area (Å²) in [7, 11) is 6.56. The highest BCUT2D eigenvalue weighted by Gasteiger charge is 2.62. The number of piperidine rings is 9. The SMILES string of the molecule is C1C2CC3CC1CN(C2)C3.C1CN2CCN1CC2.C1CNC2NCCCN2C1.CN1C2CC(O)CC1C1OC12.CN1C2CC3CC1C(O3)C2O.CN1C2CCCC1CCC2.O=C(O)C1CC2CCCCC2N1.OC1C2CN3CC1CN(C2)C3. The molecule has 24 rings (SSSR count). The first kappa shape index (κ1) is 60.7. The van der Waals surface area contributed by atoms with Crippen molar-refractivity contribution in [3.05, 3.63) is 0 Å². The number of carboxylic acid groups (broad SMARTS) is 1. The lowest BCUT2D eigenvalue weighted by molar-refractivity contribution is -0.141. The number of nitrogens with zero attached hydrogens (tertiary/aromatic N) is 9. The summed E-state index contributed by atoms with van der Waals surface area (Å²) in [5.41, 5.74) is 0. The van der Waals surface area contributed by atoms with E-state index in [1.807, 2.05) is 0 Å². The number of hydrogen-bond acceptors (Lipinski definition) is 18. The van der Waals surface area contributed by atoms with Gasteiger partial charge in [0, 0.05) is 152 Å². The number of piperazine rings is 3. The highest BCUT2D eigenvalue weighted by molar-refractivity contribution is 5.74. The van der Waals surface area contributed by atoms with Crippen molar-refractivity contribution < 1.29 is 34.7 Å². The van der Waals surface area contributed by atoms with Gasteiger partial charge in [-0.15, -0.1) is 0 Å². The molecular weight excluding hydrogens is 1050 g/mol. The summed E-state index contributed by atoms with van der Waals surface area (Å²) in [4.78, 5) is 33.2. The molecule has 2 saturated carbocycles. The quantitative estimate of drug-likeness (QED) is 0.189. The second-order valence-electron chi connectivity index (χ2n) is 30.2. The predicted octanol–water partition coefficient (Wildman–Crippen LogP) is 1.90. The van der Waals surface area contributed by atoms with Gasteiger partial charge in [-0.2, -0.15) is 0 Å². The molecule has 2 aliphatic carbocycles. The molecule has 0 spiro atoms. The smallest absolute Gasteiger partial charge is 0.320 e.